The fourth-order valence-electron chi connectivity index (χ4n) is 3.27. The second kappa shape index (κ2) is 6.00. The van der Waals surface area contributed by atoms with E-state index in [4.69, 9.17) is 10.5 Å². The van der Waals surface area contributed by atoms with Crippen LogP contribution in [0.3, 0.4) is 0 Å². The SMILES string of the molecule is Cc1ccc(C(N)CC2OCCc3ccccc32)c(C)c1. The molecule has 0 fully saturated rings. The van der Waals surface area contributed by atoms with Crippen molar-refractivity contribution in [3.05, 3.63) is 70.3 Å². The van der Waals surface area contributed by atoms with Gasteiger partial charge >= 0.3 is 0 Å². The van der Waals surface area contributed by atoms with Gasteiger partial charge in [0.05, 0.1) is 12.7 Å². The smallest absolute Gasteiger partial charge is 0.0845 e. The summed E-state index contributed by atoms with van der Waals surface area (Å²) in [6.07, 6.45) is 1.96. The number of aryl methyl sites for hydroxylation is 2. The summed E-state index contributed by atoms with van der Waals surface area (Å²) in [5.74, 6) is 0. The van der Waals surface area contributed by atoms with Crippen molar-refractivity contribution in [2.45, 2.75) is 38.8 Å². The molecule has 2 N–H and O–H groups in total. The first-order valence-electron chi connectivity index (χ1n) is 7.67. The summed E-state index contributed by atoms with van der Waals surface area (Å²) in [5.41, 5.74) is 12.9. The first kappa shape index (κ1) is 14.3. The number of fused-ring (bicyclic) bond motifs is 1. The van der Waals surface area contributed by atoms with E-state index in [-0.39, 0.29) is 12.1 Å². The molecule has 2 aromatic carbocycles. The van der Waals surface area contributed by atoms with Gasteiger partial charge in [-0.05, 0) is 48.9 Å². The van der Waals surface area contributed by atoms with E-state index in [9.17, 15) is 0 Å². The van der Waals surface area contributed by atoms with E-state index in [0.717, 1.165) is 19.4 Å². The maximum absolute atomic E-state index is 6.45. The fraction of sp³-hybridized carbons (Fsp3) is 0.368. The van der Waals surface area contributed by atoms with Gasteiger partial charge in [0.15, 0.2) is 0 Å². The average molecular weight is 281 g/mol. The first-order valence-corrected chi connectivity index (χ1v) is 7.67. The average Bonchev–Trinajstić information content (AvgIpc) is 2.47. The largest absolute Gasteiger partial charge is 0.373 e. The zero-order valence-corrected chi connectivity index (χ0v) is 12.8. The number of nitrogens with two attached hydrogens (primary N) is 1. The molecule has 2 unspecified atom stereocenters. The number of benzene rings is 2. The molecule has 2 atom stereocenters. The normalized spacial score (nSPS) is 19.1. The van der Waals surface area contributed by atoms with Crippen LogP contribution in [0, 0.1) is 13.8 Å². The van der Waals surface area contributed by atoms with Crippen LogP contribution < -0.4 is 5.73 Å². The van der Waals surface area contributed by atoms with Crippen molar-refractivity contribution in [1.82, 2.24) is 0 Å². The molecular weight excluding hydrogens is 258 g/mol. The molecule has 1 heterocycles. The molecule has 0 saturated carbocycles. The summed E-state index contributed by atoms with van der Waals surface area (Å²) in [5, 5.41) is 0. The Bertz CT molecular complexity index is 635. The first-order chi connectivity index (χ1) is 10.1. The Hall–Kier alpha value is -1.64. The molecule has 0 aromatic heterocycles. The van der Waals surface area contributed by atoms with E-state index in [2.05, 4.69) is 56.3 Å². The van der Waals surface area contributed by atoms with E-state index in [1.54, 1.807) is 0 Å². The standard InChI is InChI=1S/C19H23NO/c1-13-7-8-16(14(2)11-13)18(20)12-19-17-6-4-3-5-15(17)9-10-21-19/h3-8,11,18-19H,9-10,12,20H2,1-2H3. The molecule has 0 spiro atoms. The van der Waals surface area contributed by atoms with Gasteiger partial charge in [-0.15, -0.1) is 0 Å². The summed E-state index contributed by atoms with van der Waals surface area (Å²) >= 11 is 0. The highest BCUT2D eigenvalue weighted by Gasteiger charge is 2.23. The van der Waals surface area contributed by atoms with Gasteiger partial charge in [-0.25, -0.2) is 0 Å². The third-order valence-electron chi connectivity index (χ3n) is 4.39. The summed E-state index contributed by atoms with van der Waals surface area (Å²) in [7, 11) is 0. The number of rotatable bonds is 3. The van der Waals surface area contributed by atoms with Gasteiger partial charge in [0, 0.05) is 6.04 Å². The molecule has 0 aliphatic carbocycles. The minimum absolute atomic E-state index is 0.0155. The second-order valence-electron chi connectivity index (χ2n) is 6.01. The molecule has 3 rings (SSSR count). The van der Waals surface area contributed by atoms with Gasteiger partial charge in [-0.3, -0.25) is 0 Å². The van der Waals surface area contributed by atoms with E-state index < -0.39 is 0 Å². The molecule has 21 heavy (non-hydrogen) atoms. The van der Waals surface area contributed by atoms with E-state index in [0.29, 0.717) is 0 Å². The molecule has 0 bridgehead atoms. The molecular formula is C19H23NO. The number of ether oxygens (including phenoxy) is 1. The van der Waals surface area contributed by atoms with Crippen LogP contribution >= 0.6 is 0 Å². The van der Waals surface area contributed by atoms with Gasteiger partial charge in [0.2, 0.25) is 0 Å². The van der Waals surface area contributed by atoms with Crippen LogP contribution in [0.4, 0.5) is 0 Å². The Morgan fingerprint density at radius 3 is 2.81 bits per heavy atom. The number of hydrogen-bond donors (Lipinski definition) is 1. The second-order valence-corrected chi connectivity index (χ2v) is 6.01. The Morgan fingerprint density at radius 1 is 1.19 bits per heavy atom. The fourth-order valence-corrected chi connectivity index (χ4v) is 3.27. The van der Waals surface area contributed by atoms with Gasteiger partial charge in [-0.2, -0.15) is 0 Å². The molecule has 0 amide bonds. The van der Waals surface area contributed by atoms with Gasteiger partial charge in [0.25, 0.3) is 0 Å². The van der Waals surface area contributed by atoms with E-state index in [1.165, 1.54) is 27.8 Å². The van der Waals surface area contributed by atoms with Crippen molar-refractivity contribution in [3.8, 4) is 0 Å². The summed E-state index contributed by atoms with van der Waals surface area (Å²) in [6.45, 7) is 5.04. The van der Waals surface area contributed by atoms with Gasteiger partial charge < -0.3 is 10.5 Å². The lowest BCUT2D eigenvalue weighted by Crippen LogP contribution is -2.22. The van der Waals surface area contributed by atoms with Crippen LogP contribution in [0.2, 0.25) is 0 Å². The lowest BCUT2D eigenvalue weighted by atomic mass is 9.90. The monoisotopic (exact) mass is 281 g/mol. The molecule has 2 aromatic rings. The van der Waals surface area contributed by atoms with Crippen molar-refractivity contribution in [3.63, 3.8) is 0 Å². The lowest BCUT2D eigenvalue weighted by molar-refractivity contribution is 0.0319. The summed E-state index contributed by atoms with van der Waals surface area (Å²) in [6, 6.07) is 15.1. The van der Waals surface area contributed by atoms with Crippen LogP contribution in [0.5, 0.6) is 0 Å². The van der Waals surface area contributed by atoms with Gasteiger partial charge in [0.1, 0.15) is 0 Å². The van der Waals surface area contributed by atoms with Crippen LogP contribution in [0.25, 0.3) is 0 Å². The quantitative estimate of drug-likeness (QED) is 0.922. The maximum atomic E-state index is 6.45. The molecule has 2 heteroatoms. The lowest BCUT2D eigenvalue weighted by Gasteiger charge is -2.28. The Morgan fingerprint density at radius 2 is 2.00 bits per heavy atom. The van der Waals surface area contributed by atoms with Crippen LogP contribution in [0.1, 0.15) is 46.4 Å². The molecule has 110 valence electrons. The third kappa shape index (κ3) is 3.02. The highest BCUT2D eigenvalue weighted by atomic mass is 16.5. The zero-order chi connectivity index (χ0) is 14.8. The molecule has 1 aliphatic rings. The van der Waals surface area contributed by atoms with E-state index in [1.807, 2.05) is 0 Å². The van der Waals surface area contributed by atoms with Crippen molar-refractivity contribution < 1.29 is 4.74 Å². The van der Waals surface area contributed by atoms with E-state index >= 15 is 0 Å². The predicted molar refractivity (Wildman–Crippen MR) is 86.3 cm³/mol. The molecule has 0 radical (unpaired) electrons. The summed E-state index contributed by atoms with van der Waals surface area (Å²) < 4.78 is 5.98. The number of hydrogen-bond acceptors (Lipinski definition) is 2. The Balaban J connectivity index is 1.81. The van der Waals surface area contributed by atoms with Crippen LogP contribution in [-0.4, -0.2) is 6.61 Å². The Kier molecular flexibility index (Phi) is 4.09. The minimum atomic E-state index is 0.0155. The molecule has 1 aliphatic heterocycles. The minimum Gasteiger partial charge on any atom is -0.373 e. The predicted octanol–water partition coefficient (Wildman–Crippen LogP) is 4.01. The molecule has 2 nitrogen and oxygen atoms in total. The topological polar surface area (TPSA) is 35.2 Å². The van der Waals surface area contributed by atoms with Crippen LogP contribution in [-0.2, 0) is 11.2 Å². The Labute approximate surface area is 126 Å². The zero-order valence-electron chi connectivity index (χ0n) is 12.8. The van der Waals surface area contributed by atoms with Crippen molar-refractivity contribution in [2.24, 2.45) is 5.73 Å². The summed E-state index contributed by atoms with van der Waals surface area (Å²) in [4.78, 5) is 0. The van der Waals surface area contributed by atoms with Gasteiger partial charge in [-0.1, -0.05) is 48.0 Å². The third-order valence-corrected chi connectivity index (χ3v) is 4.39. The highest BCUT2D eigenvalue weighted by Crippen LogP contribution is 2.34. The van der Waals surface area contributed by atoms with Crippen LogP contribution in [0.15, 0.2) is 42.5 Å². The molecule has 0 saturated heterocycles. The highest BCUT2D eigenvalue weighted by molar-refractivity contribution is 5.34. The van der Waals surface area contributed by atoms with Crippen molar-refractivity contribution >= 4 is 0 Å². The van der Waals surface area contributed by atoms with Crippen molar-refractivity contribution in [2.75, 3.05) is 6.61 Å². The maximum Gasteiger partial charge on any atom is 0.0845 e. The van der Waals surface area contributed by atoms with Crippen molar-refractivity contribution in [1.29, 1.82) is 0 Å².